The van der Waals surface area contributed by atoms with Crippen LogP contribution in [0.4, 0.5) is 5.69 Å². The Labute approximate surface area is 113 Å². The molecule has 0 saturated carbocycles. The van der Waals surface area contributed by atoms with Crippen molar-refractivity contribution in [1.82, 2.24) is 0 Å². The van der Waals surface area contributed by atoms with Gasteiger partial charge in [-0.1, -0.05) is 11.6 Å². The molecule has 0 bridgehead atoms. The molecule has 0 spiro atoms. The summed E-state index contributed by atoms with van der Waals surface area (Å²) in [6.45, 7) is 2.14. The van der Waals surface area contributed by atoms with Crippen LogP contribution in [0.2, 0.25) is 5.02 Å². The van der Waals surface area contributed by atoms with Crippen molar-refractivity contribution in [2.75, 3.05) is 5.32 Å². The quantitative estimate of drug-likeness (QED) is 0.806. The zero-order valence-corrected chi connectivity index (χ0v) is 11.9. The van der Waals surface area contributed by atoms with Gasteiger partial charge in [-0.2, -0.15) is 11.3 Å². The standard InChI is InChI=1S/C12H11BrClNS/c1-8(9-4-5-16-7-9)15-12-3-2-10(14)6-11(12)13/h2-8,15H,1H3. The first kappa shape index (κ1) is 12.0. The van der Waals surface area contributed by atoms with E-state index in [0.29, 0.717) is 6.04 Å². The molecule has 1 aromatic carbocycles. The summed E-state index contributed by atoms with van der Waals surface area (Å²) in [5.74, 6) is 0. The summed E-state index contributed by atoms with van der Waals surface area (Å²) in [7, 11) is 0. The Kier molecular flexibility index (Phi) is 3.90. The molecule has 0 fully saturated rings. The highest BCUT2D eigenvalue weighted by Gasteiger charge is 2.07. The molecule has 1 heterocycles. The number of hydrogen-bond donors (Lipinski definition) is 1. The van der Waals surface area contributed by atoms with Crippen LogP contribution in [0, 0.1) is 0 Å². The molecule has 1 nitrogen and oxygen atoms in total. The number of hydrogen-bond acceptors (Lipinski definition) is 2. The van der Waals surface area contributed by atoms with Crippen LogP contribution in [-0.4, -0.2) is 0 Å². The summed E-state index contributed by atoms with van der Waals surface area (Å²) in [6, 6.07) is 8.18. The highest BCUT2D eigenvalue weighted by Crippen LogP contribution is 2.29. The number of nitrogens with one attached hydrogen (secondary N) is 1. The summed E-state index contributed by atoms with van der Waals surface area (Å²) in [4.78, 5) is 0. The normalized spacial score (nSPS) is 12.4. The van der Waals surface area contributed by atoms with Gasteiger partial charge in [0.2, 0.25) is 0 Å². The van der Waals surface area contributed by atoms with Crippen LogP contribution in [0.25, 0.3) is 0 Å². The van der Waals surface area contributed by atoms with Crippen LogP contribution >= 0.6 is 38.9 Å². The van der Waals surface area contributed by atoms with Crippen molar-refractivity contribution in [1.29, 1.82) is 0 Å². The van der Waals surface area contributed by atoms with Crippen molar-refractivity contribution in [3.05, 3.63) is 50.1 Å². The van der Waals surface area contributed by atoms with Crippen LogP contribution in [0.5, 0.6) is 0 Å². The topological polar surface area (TPSA) is 12.0 Å². The Morgan fingerprint density at radius 1 is 1.38 bits per heavy atom. The first-order valence-corrected chi connectivity index (χ1v) is 7.02. The van der Waals surface area contributed by atoms with Crippen molar-refractivity contribution < 1.29 is 0 Å². The van der Waals surface area contributed by atoms with Gasteiger partial charge in [-0.25, -0.2) is 0 Å². The zero-order chi connectivity index (χ0) is 11.5. The van der Waals surface area contributed by atoms with E-state index in [0.717, 1.165) is 15.2 Å². The third kappa shape index (κ3) is 2.78. The number of rotatable bonds is 3. The van der Waals surface area contributed by atoms with E-state index in [4.69, 9.17) is 11.6 Å². The predicted molar refractivity (Wildman–Crippen MR) is 75.5 cm³/mol. The predicted octanol–water partition coefficient (Wildman–Crippen LogP) is 5.34. The highest BCUT2D eigenvalue weighted by atomic mass is 79.9. The van der Waals surface area contributed by atoms with Gasteiger partial charge < -0.3 is 5.32 Å². The molecule has 0 amide bonds. The van der Waals surface area contributed by atoms with Gasteiger partial charge in [0, 0.05) is 21.2 Å². The fraction of sp³-hybridized carbons (Fsp3) is 0.167. The van der Waals surface area contributed by atoms with Crippen molar-refractivity contribution in [2.24, 2.45) is 0 Å². The minimum Gasteiger partial charge on any atom is -0.378 e. The maximum Gasteiger partial charge on any atom is 0.0494 e. The van der Waals surface area contributed by atoms with Gasteiger partial charge in [-0.15, -0.1) is 0 Å². The van der Waals surface area contributed by atoms with Crippen molar-refractivity contribution >= 4 is 44.6 Å². The monoisotopic (exact) mass is 315 g/mol. The molecular weight excluding hydrogens is 306 g/mol. The second-order valence-electron chi connectivity index (χ2n) is 3.55. The average Bonchev–Trinajstić information content (AvgIpc) is 2.75. The Bertz CT molecular complexity index is 470. The van der Waals surface area contributed by atoms with E-state index < -0.39 is 0 Å². The molecule has 0 aliphatic rings. The molecule has 1 N–H and O–H groups in total. The Hall–Kier alpha value is -0.510. The van der Waals surface area contributed by atoms with E-state index in [1.807, 2.05) is 18.2 Å². The van der Waals surface area contributed by atoms with Crippen LogP contribution < -0.4 is 5.32 Å². The fourth-order valence-corrected chi connectivity index (χ4v) is 3.00. The van der Waals surface area contributed by atoms with E-state index in [2.05, 4.69) is 45.0 Å². The smallest absolute Gasteiger partial charge is 0.0494 e. The molecule has 1 atom stereocenters. The lowest BCUT2D eigenvalue weighted by atomic mass is 10.1. The maximum absolute atomic E-state index is 5.90. The molecule has 2 aromatic rings. The van der Waals surface area contributed by atoms with Gasteiger partial charge in [0.15, 0.2) is 0 Å². The average molecular weight is 317 g/mol. The third-order valence-corrected chi connectivity index (χ3v) is 3.94. The summed E-state index contributed by atoms with van der Waals surface area (Å²) < 4.78 is 0.988. The molecule has 1 aromatic heterocycles. The lowest BCUT2D eigenvalue weighted by Crippen LogP contribution is -2.05. The molecule has 2 rings (SSSR count). The number of thiophene rings is 1. The number of halogens is 2. The SMILES string of the molecule is CC(Nc1ccc(Cl)cc1Br)c1ccsc1. The molecule has 16 heavy (non-hydrogen) atoms. The molecule has 0 aliphatic heterocycles. The van der Waals surface area contributed by atoms with Gasteiger partial charge in [0.1, 0.15) is 0 Å². The first-order chi connectivity index (χ1) is 7.66. The zero-order valence-electron chi connectivity index (χ0n) is 8.71. The molecule has 84 valence electrons. The minimum absolute atomic E-state index is 0.295. The van der Waals surface area contributed by atoms with E-state index in [1.165, 1.54) is 5.56 Å². The second kappa shape index (κ2) is 5.21. The molecule has 1 unspecified atom stereocenters. The van der Waals surface area contributed by atoms with Crippen molar-refractivity contribution in [2.45, 2.75) is 13.0 Å². The van der Waals surface area contributed by atoms with Gasteiger partial charge in [-0.3, -0.25) is 0 Å². The first-order valence-electron chi connectivity index (χ1n) is 4.90. The van der Waals surface area contributed by atoms with Crippen molar-refractivity contribution in [3.8, 4) is 0 Å². The lowest BCUT2D eigenvalue weighted by Gasteiger charge is -2.15. The Balaban J connectivity index is 2.15. The minimum atomic E-state index is 0.295. The van der Waals surface area contributed by atoms with Gasteiger partial charge in [0.25, 0.3) is 0 Å². The molecule has 0 radical (unpaired) electrons. The summed E-state index contributed by atoms with van der Waals surface area (Å²) in [5, 5.41) is 8.42. The van der Waals surface area contributed by atoms with Crippen LogP contribution in [0.1, 0.15) is 18.5 Å². The van der Waals surface area contributed by atoms with Crippen LogP contribution in [-0.2, 0) is 0 Å². The second-order valence-corrected chi connectivity index (χ2v) is 5.62. The molecule has 0 aliphatic carbocycles. The number of anilines is 1. The summed E-state index contributed by atoms with van der Waals surface area (Å²) in [5.41, 5.74) is 2.36. The molecule has 4 heteroatoms. The van der Waals surface area contributed by atoms with E-state index >= 15 is 0 Å². The van der Waals surface area contributed by atoms with E-state index in [-0.39, 0.29) is 0 Å². The third-order valence-electron chi connectivity index (χ3n) is 2.35. The molecular formula is C12H11BrClNS. The van der Waals surface area contributed by atoms with Gasteiger partial charge >= 0.3 is 0 Å². The molecule has 0 saturated heterocycles. The van der Waals surface area contributed by atoms with Crippen LogP contribution in [0.3, 0.4) is 0 Å². The Morgan fingerprint density at radius 2 is 2.19 bits per heavy atom. The maximum atomic E-state index is 5.90. The summed E-state index contributed by atoms with van der Waals surface area (Å²) in [6.07, 6.45) is 0. The van der Waals surface area contributed by atoms with Gasteiger partial charge in [-0.05, 0) is 63.4 Å². The van der Waals surface area contributed by atoms with Gasteiger partial charge in [0.05, 0.1) is 0 Å². The Morgan fingerprint density at radius 3 is 2.81 bits per heavy atom. The van der Waals surface area contributed by atoms with Crippen molar-refractivity contribution in [3.63, 3.8) is 0 Å². The summed E-state index contributed by atoms with van der Waals surface area (Å²) >= 11 is 11.1. The van der Waals surface area contributed by atoms with E-state index in [1.54, 1.807) is 11.3 Å². The number of benzene rings is 1. The highest BCUT2D eigenvalue weighted by molar-refractivity contribution is 9.10. The fourth-order valence-electron chi connectivity index (χ4n) is 1.44. The largest absolute Gasteiger partial charge is 0.378 e. The lowest BCUT2D eigenvalue weighted by molar-refractivity contribution is 0.889. The van der Waals surface area contributed by atoms with E-state index in [9.17, 15) is 0 Å². The van der Waals surface area contributed by atoms with Crippen LogP contribution in [0.15, 0.2) is 39.5 Å².